The number of piperidine rings is 1. The molecule has 0 aromatic carbocycles. The first-order chi connectivity index (χ1) is 9.31. The molecule has 3 fully saturated rings. The molecule has 0 saturated carbocycles. The molecule has 0 N–H and O–H groups in total. The number of likely N-dealkylation sites (tertiary alicyclic amines) is 1. The number of rotatable bonds is 3. The summed E-state index contributed by atoms with van der Waals surface area (Å²) in [5, 5.41) is 0. The number of hydrogen-bond acceptors (Lipinski definition) is 3. The summed E-state index contributed by atoms with van der Waals surface area (Å²) < 4.78 is 0. The van der Waals surface area contributed by atoms with E-state index in [9.17, 15) is 0 Å². The van der Waals surface area contributed by atoms with E-state index in [0.29, 0.717) is 0 Å². The maximum Gasteiger partial charge on any atom is 0.0223 e. The van der Waals surface area contributed by atoms with Gasteiger partial charge in [0.1, 0.15) is 0 Å². The molecule has 110 valence electrons. The molecule has 0 aromatic rings. The molecular weight excluding hydrogens is 234 g/mol. The fraction of sp³-hybridized carbons (Fsp3) is 1.00. The molecule has 0 spiro atoms. The molecule has 1 atom stereocenters. The van der Waals surface area contributed by atoms with Crippen LogP contribution in [-0.4, -0.2) is 73.6 Å². The highest BCUT2D eigenvalue weighted by Crippen LogP contribution is 2.23. The molecule has 0 bridgehead atoms. The van der Waals surface area contributed by atoms with Gasteiger partial charge in [0.05, 0.1) is 0 Å². The molecule has 3 saturated heterocycles. The number of fused-ring (bicyclic) bond motifs is 1. The molecular formula is C16H31N3. The maximum absolute atomic E-state index is 2.77. The molecule has 1 unspecified atom stereocenters. The van der Waals surface area contributed by atoms with E-state index in [1.807, 2.05) is 0 Å². The fourth-order valence-corrected chi connectivity index (χ4v) is 4.20. The van der Waals surface area contributed by atoms with Crippen molar-refractivity contribution in [1.29, 1.82) is 0 Å². The van der Waals surface area contributed by atoms with Crippen molar-refractivity contribution in [3.05, 3.63) is 0 Å². The van der Waals surface area contributed by atoms with Crippen LogP contribution in [0.5, 0.6) is 0 Å². The summed E-state index contributed by atoms with van der Waals surface area (Å²) in [4.78, 5) is 8.00. The third-order valence-corrected chi connectivity index (χ3v) is 5.58. The molecule has 3 heterocycles. The van der Waals surface area contributed by atoms with Gasteiger partial charge in [0.15, 0.2) is 0 Å². The van der Waals surface area contributed by atoms with Crippen molar-refractivity contribution in [1.82, 2.24) is 14.7 Å². The zero-order chi connectivity index (χ0) is 13.1. The average Bonchev–Trinajstić information content (AvgIpc) is 2.76. The summed E-state index contributed by atoms with van der Waals surface area (Å²) in [7, 11) is 2.26. The normalized spacial score (nSPS) is 32.4. The third-order valence-electron chi connectivity index (χ3n) is 5.58. The lowest BCUT2D eigenvalue weighted by molar-refractivity contribution is 0.177. The summed E-state index contributed by atoms with van der Waals surface area (Å²) in [5.74, 6) is 0.999. The summed E-state index contributed by atoms with van der Waals surface area (Å²) in [6.07, 6.45) is 8.59. The first kappa shape index (κ1) is 13.8. The maximum atomic E-state index is 2.77. The van der Waals surface area contributed by atoms with E-state index in [2.05, 4.69) is 21.7 Å². The van der Waals surface area contributed by atoms with Crippen LogP contribution in [0.3, 0.4) is 0 Å². The second-order valence-corrected chi connectivity index (χ2v) is 7.02. The zero-order valence-corrected chi connectivity index (χ0v) is 12.7. The van der Waals surface area contributed by atoms with Crippen LogP contribution in [0.15, 0.2) is 0 Å². The van der Waals surface area contributed by atoms with Crippen molar-refractivity contribution in [2.24, 2.45) is 5.92 Å². The Morgan fingerprint density at radius 3 is 2.53 bits per heavy atom. The number of hydrogen-bond donors (Lipinski definition) is 0. The quantitative estimate of drug-likeness (QED) is 0.771. The van der Waals surface area contributed by atoms with Gasteiger partial charge in [-0.3, -0.25) is 4.90 Å². The topological polar surface area (TPSA) is 9.72 Å². The van der Waals surface area contributed by atoms with E-state index in [1.54, 1.807) is 0 Å². The van der Waals surface area contributed by atoms with Gasteiger partial charge in [-0.1, -0.05) is 0 Å². The lowest BCUT2D eigenvalue weighted by Crippen LogP contribution is -2.38. The Morgan fingerprint density at radius 2 is 1.68 bits per heavy atom. The van der Waals surface area contributed by atoms with Crippen LogP contribution < -0.4 is 0 Å². The molecule has 19 heavy (non-hydrogen) atoms. The minimum absolute atomic E-state index is 0.889. The Kier molecular flexibility index (Phi) is 4.78. The first-order valence-corrected chi connectivity index (χ1v) is 8.46. The summed E-state index contributed by atoms with van der Waals surface area (Å²) in [6, 6.07) is 0.889. The van der Waals surface area contributed by atoms with Gasteiger partial charge in [0.2, 0.25) is 0 Å². The van der Waals surface area contributed by atoms with Gasteiger partial charge >= 0.3 is 0 Å². The van der Waals surface area contributed by atoms with Gasteiger partial charge in [-0.15, -0.1) is 0 Å². The zero-order valence-electron chi connectivity index (χ0n) is 12.7. The fourth-order valence-electron chi connectivity index (χ4n) is 4.20. The minimum atomic E-state index is 0.889. The van der Waals surface area contributed by atoms with Crippen molar-refractivity contribution < 1.29 is 0 Å². The third kappa shape index (κ3) is 3.71. The molecule has 0 aliphatic carbocycles. The first-order valence-electron chi connectivity index (χ1n) is 8.46. The van der Waals surface area contributed by atoms with Crippen LogP contribution in [0.4, 0.5) is 0 Å². The minimum Gasteiger partial charge on any atom is -0.306 e. The molecule has 3 nitrogen and oxygen atoms in total. The van der Waals surface area contributed by atoms with E-state index >= 15 is 0 Å². The van der Waals surface area contributed by atoms with E-state index in [0.717, 1.165) is 12.0 Å². The van der Waals surface area contributed by atoms with Crippen molar-refractivity contribution in [3.63, 3.8) is 0 Å². The number of nitrogens with zero attached hydrogens (tertiary/aromatic N) is 3. The van der Waals surface area contributed by atoms with Crippen LogP contribution in [0.2, 0.25) is 0 Å². The predicted octanol–water partition coefficient (Wildman–Crippen LogP) is 1.89. The van der Waals surface area contributed by atoms with Gasteiger partial charge < -0.3 is 9.80 Å². The highest BCUT2D eigenvalue weighted by atomic mass is 15.3. The standard InChI is InChI=1S/C16H31N3/c1-17-11-5-15(6-12-17)7-13-18-8-3-10-19-9-2-4-16(19)14-18/h15-16H,2-14H2,1H3. The summed E-state index contributed by atoms with van der Waals surface area (Å²) >= 11 is 0. The molecule has 0 aromatic heterocycles. The van der Waals surface area contributed by atoms with Crippen molar-refractivity contribution in [2.75, 3.05) is 52.9 Å². The highest BCUT2D eigenvalue weighted by Gasteiger charge is 2.28. The molecule has 0 amide bonds. The lowest BCUT2D eigenvalue weighted by Gasteiger charge is -2.31. The summed E-state index contributed by atoms with van der Waals surface area (Å²) in [5.41, 5.74) is 0. The van der Waals surface area contributed by atoms with Crippen molar-refractivity contribution >= 4 is 0 Å². The van der Waals surface area contributed by atoms with Crippen molar-refractivity contribution in [2.45, 2.75) is 44.6 Å². The van der Waals surface area contributed by atoms with Gasteiger partial charge in [-0.05, 0) is 90.8 Å². The molecule has 0 radical (unpaired) electrons. The van der Waals surface area contributed by atoms with E-state index in [4.69, 9.17) is 0 Å². The largest absolute Gasteiger partial charge is 0.306 e. The average molecular weight is 265 g/mol. The SMILES string of the molecule is CN1CCC(CCN2CCCN3CCCC3C2)CC1. The smallest absolute Gasteiger partial charge is 0.0223 e. The Labute approximate surface area is 118 Å². The lowest BCUT2D eigenvalue weighted by atomic mass is 9.93. The van der Waals surface area contributed by atoms with Gasteiger partial charge in [0.25, 0.3) is 0 Å². The Morgan fingerprint density at radius 1 is 0.895 bits per heavy atom. The van der Waals surface area contributed by atoms with Crippen LogP contribution >= 0.6 is 0 Å². The molecule has 3 aliphatic heterocycles. The van der Waals surface area contributed by atoms with Gasteiger partial charge in [-0.25, -0.2) is 0 Å². The van der Waals surface area contributed by atoms with Crippen LogP contribution in [0, 0.1) is 5.92 Å². The second kappa shape index (κ2) is 6.55. The van der Waals surface area contributed by atoms with Crippen molar-refractivity contribution in [3.8, 4) is 0 Å². The van der Waals surface area contributed by atoms with Crippen LogP contribution in [0.25, 0.3) is 0 Å². The Bertz CT molecular complexity index is 273. The molecule has 3 rings (SSSR count). The Hall–Kier alpha value is -0.120. The van der Waals surface area contributed by atoms with Gasteiger partial charge in [0, 0.05) is 12.6 Å². The van der Waals surface area contributed by atoms with Gasteiger partial charge in [-0.2, -0.15) is 0 Å². The second-order valence-electron chi connectivity index (χ2n) is 7.02. The van der Waals surface area contributed by atoms with Crippen LogP contribution in [0.1, 0.15) is 38.5 Å². The predicted molar refractivity (Wildman–Crippen MR) is 80.5 cm³/mol. The molecule has 3 aliphatic rings. The Balaban J connectivity index is 1.42. The summed E-state index contributed by atoms with van der Waals surface area (Å²) in [6.45, 7) is 9.43. The van der Waals surface area contributed by atoms with Crippen LogP contribution in [-0.2, 0) is 0 Å². The molecule has 3 heteroatoms. The highest BCUT2D eigenvalue weighted by molar-refractivity contribution is 4.85. The van der Waals surface area contributed by atoms with E-state index < -0.39 is 0 Å². The monoisotopic (exact) mass is 265 g/mol. The van der Waals surface area contributed by atoms with E-state index in [-0.39, 0.29) is 0 Å². The van der Waals surface area contributed by atoms with E-state index in [1.165, 1.54) is 84.3 Å².